The molecule has 0 saturated carbocycles. The van der Waals surface area contributed by atoms with Gasteiger partial charge < -0.3 is 10.2 Å². The van der Waals surface area contributed by atoms with Gasteiger partial charge in [0.15, 0.2) is 0 Å². The Labute approximate surface area is 141 Å². The lowest BCUT2D eigenvalue weighted by Crippen LogP contribution is -2.21. The van der Waals surface area contributed by atoms with Crippen molar-refractivity contribution in [2.24, 2.45) is 0 Å². The minimum atomic E-state index is 0.255. The van der Waals surface area contributed by atoms with Crippen LogP contribution in [0.5, 0.6) is 0 Å². The van der Waals surface area contributed by atoms with Gasteiger partial charge >= 0.3 is 0 Å². The van der Waals surface area contributed by atoms with Crippen LogP contribution in [0.3, 0.4) is 0 Å². The van der Waals surface area contributed by atoms with E-state index >= 15 is 0 Å². The number of thioether (sulfide) groups is 1. The third-order valence-corrected chi connectivity index (χ3v) is 4.94. The number of hydrogen-bond donors (Lipinski definition) is 1. The lowest BCUT2D eigenvalue weighted by atomic mass is 10.0. The Bertz CT molecular complexity index is 660. The van der Waals surface area contributed by atoms with E-state index in [0.717, 1.165) is 18.0 Å². The maximum atomic E-state index is 4.62. The number of nitrogens with zero attached hydrogens (tertiary/aromatic N) is 4. The van der Waals surface area contributed by atoms with Gasteiger partial charge in [-0.3, -0.25) is 0 Å². The molecule has 0 radical (unpaired) electrons. The fourth-order valence-corrected chi connectivity index (χ4v) is 3.68. The van der Waals surface area contributed by atoms with Crippen molar-refractivity contribution in [2.75, 3.05) is 30.1 Å². The number of fused-ring (bicyclic) bond motifs is 1. The maximum absolute atomic E-state index is 4.62. The molecule has 6 heteroatoms. The molecule has 1 aromatic heterocycles. The van der Waals surface area contributed by atoms with Gasteiger partial charge in [-0.25, -0.2) is 0 Å². The molecule has 1 aromatic carbocycles. The summed E-state index contributed by atoms with van der Waals surface area (Å²) in [6.45, 7) is 4.20. The average Bonchev–Trinajstić information content (AvgIpc) is 2.55. The molecular formula is C17H23N5S. The number of aromatic nitrogens is 3. The van der Waals surface area contributed by atoms with Crippen LogP contribution in [0, 0.1) is 0 Å². The monoisotopic (exact) mass is 329 g/mol. The highest BCUT2D eigenvalue weighted by Gasteiger charge is 2.22. The van der Waals surface area contributed by atoms with Crippen LogP contribution in [-0.2, 0) is 0 Å². The zero-order chi connectivity index (χ0) is 16.4. The Kier molecular flexibility index (Phi) is 4.71. The lowest BCUT2D eigenvalue weighted by Gasteiger charge is -2.26. The molecule has 0 saturated heterocycles. The van der Waals surface area contributed by atoms with Gasteiger partial charge in [-0.15, -0.1) is 11.8 Å². The van der Waals surface area contributed by atoms with Crippen molar-refractivity contribution in [3.63, 3.8) is 0 Å². The van der Waals surface area contributed by atoms with Gasteiger partial charge in [-0.05, 0) is 18.1 Å². The minimum absolute atomic E-state index is 0.255. The summed E-state index contributed by atoms with van der Waals surface area (Å²) in [6, 6.07) is 8.82. The van der Waals surface area contributed by atoms with Crippen molar-refractivity contribution in [1.82, 2.24) is 15.0 Å². The molecular weight excluding hydrogens is 306 g/mol. The summed E-state index contributed by atoms with van der Waals surface area (Å²) in [5.74, 6) is 3.57. The van der Waals surface area contributed by atoms with E-state index in [1.165, 1.54) is 10.5 Å². The van der Waals surface area contributed by atoms with Gasteiger partial charge in [0.1, 0.15) is 5.82 Å². The van der Waals surface area contributed by atoms with E-state index in [2.05, 4.69) is 58.4 Å². The maximum Gasteiger partial charge on any atom is 0.229 e. The molecule has 0 fully saturated rings. The minimum Gasteiger partial charge on any atom is -0.347 e. The van der Waals surface area contributed by atoms with Crippen LogP contribution in [0.2, 0.25) is 0 Å². The summed E-state index contributed by atoms with van der Waals surface area (Å²) in [5, 5.41) is 3.53. The molecule has 23 heavy (non-hydrogen) atoms. The second kappa shape index (κ2) is 6.74. The summed E-state index contributed by atoms with van der Waals surface area (Å²) < 4.78 is 0. The largest absolute Gasteiger partial charge is 0.347 e. The number of hydrogen-bond acceptors (Lipinski definition) is 6. The first-order valence-corrected chi connectivity index (χ1v) is 8.94. The van der Waals surface area contributed by atoms with E-state index in [0.29, 0.717) is 11.9 Å². The molecule has 122 valence electrons. The molecule has 2 heterocycles. The van der Waals surface area contributed by atoms with Crippen LogP contribution in [-0.4, -0.2) is 34.8 Å². The first-order valence-electron chi connectivity index (χ1n) is 7.96. The molecule has 0 spiro atoms. The van der Waals surface area contributed by atoms with Crippen LogP contribution in [0.15, 0.2) is 29.2 Å². The van der Waals surface area contributed by atoms with E-state index in [1.54, 1.807) is 0 Å². The Morgan fingerprint density at radius 1 is 1.17 bits per heavy atom. The van der Waals surface area contributed by atoms with Gasteiger partial charge in [0.25, 0.3) is 0 Å². The van der Waals surface area contributed by atoms with Crippen LogP contribution >= 0.6 is 11.8 Å². The first kappa shape index (κ1) is 16.1. The van der Waals surface area contributed by atoms with E-state index in [9.17, 15) is 0 Å². The quantitative estimate of drug-likeness (QED) is 0.923. The first-order chi connectivity index (χ1) is 11.0. The summed E-state index contributed by atoms with van der Waals surface area (Å²) in [4.78, 5) is 17.0. The third-order valence-electron chi connectivity index (χ3n) is 3.82. The van der Waals surface area contributed by atoms with E-state index in [4.69, 9.17) is 0 Å². The van der Waals surface area contributed by atoms with Gasteiger partial charge in [0, 0.05) is 30.7 Å². The fraction of sp³-hybridized carbons (Fsp3) is 0.471. The third kappa shape index (κ3) is 3.58. The average molecular weight is 329 g/mol. The number of anilines is 2. The molecule has 5 nitrogen and oxygen atoms in total. The standard InChI is InChI=1S/C17H23N5S/c1-11(2)15-19-16(21-17(20-15)22(3)4)18-13-9-10-23-14-8-6-5-7-12(13)14/h5-8,11,13H,9-10H2,1-4H3,(H,18,19,20,21). The van der Waals surface area contributed by atoms with Crippen molar-refractivity contribution < 1.29 is 0 Å². The van der Waals surface area contributed by atoms with Crippen LogP contribution in [0.1, 0.15) is 43.6 Å². The topological polar surface area (TPSA) is 53.9 Å². The Hall–Kier alpha value is -1.82. The van der Waals surface area contributed by atoms with E-state index in [1.807, 2.05) is 30.8 Å². The number of nitrogens with one attached hydrogen (secondary N) is 1. The Morgan fingerprint density at radius 2 is 1.96 bits per heavy atom. The zero-order valence-corrected chi connectivity index (χ0v) is 14.9. The Balaban J connectivity index is 1.91. The smallest absolute Gasteiger partial charge is 0.229 e. The van der Waals surface area contributed by atoms with Crippen molar-refractivity contribution in [2.45, 2.75) is 37.1 Å². The summed E-state index contributed by atoms with van der Waals surface area (Å²) in [5.41, 5.74) is 1.33. The molecule has 1 N–H and O–H groups in total. The molecule has 0 bridgehead atoms. The molecule has 1 unspecified atom stereocenters. The molecule has 1 atom stereocenters. The van der Waals surface area contributed by atoms with Gasteiger partial charge in [-0.2, -0.15) is 15.0 Å². The molecule has 1 aliphatic heterocycles. The molecule has 0 amide bonds. The lowest BCUT2D eigenvalue weighted by molar-refractivity contribution is 0.702. The second-order valence-corrected chi connectivity index (χ2v) is 7.37. The summed E-state index contributed by atoms with van der Waals surface area (Å²) >= 11 is 1.92. The highest BCUT2D eigenvalue weighted by molar-refractivity contribution is 7.99. The highest BCUT2D eigenvalue weighted by atomic mass is 32.2. The fourth-order valence-electron chi connectivity index (χ4n) is 2.55. The molecule has 1 aliphatic rings. The van der Waals surface area contributed by atoms with E-state index < -0.39 is 0 Å². The predicted molar refractivity (Wildman–Crippen MR) is 96.4 cm³/mol. The molecule has 2 aromatic rings. The Morgan fingerprint density at radius 3 is 2.70 bits per heavy atom. The van der Waals surface area contributed by atoms with Crippen molar-refractivity contribution >= 4 is 23.7 Å². The summed E-state index contributed by atoms with van der Waals surface area (Å²) in [7, 11) is 3.91. The molecule has 0 aliphatic carbocycles. The van der Waals surface area contributed by atoms with Crippen molar-refractivity contribution in [3.05, 3.63) is 35.7 Å². The second-order valence-electron chi connectivity index (χ2n) is 6.24. The van der Waals surface area contributed by atoms with Gasteiger partial charge in [0.2, 0.25) is 11.9 Å². The molecule has 3 rings (SSSR count). The SMILES string of the molecule is CC(C)c1nc(NC2CCSc3ccccc32)nc(N(C)C)n1. The number of rotatable bonds is 4. The van der Waals surface area contributed by atoms with Crippen LogP contribution < -0.4 is 10.2 Å². The zero-order valence-electron chi connectivity index (χ0n) is 14.1. The van der Waals surface area contributed by atoms with Crippen LogP contribution in [0.25, 0.3) is 0 Å². The summed E-state index contributed by atoms with van der Waals surface area (Å²) in [6.07, 6.45) is 1.07. The normalized spacial score (nSPS) is 17.0. The van der Waals surface area contributed by atoms with Crippen molar-refractivity contribution in [3.8, 4) is 0 Å². The van der Waals surface area contributed by atoms with E-state index in [-0.39, 0.29) is 12.0 Å². The predicted octanol–water partition coefficient (Wildman–Crippen LogP) is 3.71. The highest BCUT2D eigenvalue weighted by Crippen LogP contribution is 2.37. The number of benzene rings is 1. The van der Waals surface area contributed by atoms with Gasteiger partial charge in [0.05, 0.1) is 6.04 Å². The van der Waals surface area contributed by atoms with Crippen molar-refractivity contribution in [1.29, 1.82) is 0 Å². The van der Waals surface area contributed by atoms with Gasteiger partial charge in [-0.1, -0.05) is 32.0 Å². The van der Waals surface area contributed by atoms with Crippen LogP contribution in [0.4, 0.5) is 11.9 Å².